The molecule has 0 spiro atoms. The van der Waals surface area contributed by atoms with E-state index in [0.717, 1.165) is 11.1 Å². The molecule has 0 saturated carbocycles. The van der Waals surface area contributed by atoms with Crippen molar-refractivity contribution in [3.63, 3.8) is 0 Å². The topological polar surface area (TPSA) is 45.5 Å². The standard InChI is InChI=1S/C19H18N2O2/c1-20(21-13-12-17(22)18(23)14-21)19(15-8-4-2-5-9-15)16-10-6-3-7-11-16/h2-14,19,23H,1H3. The summed E-state index contributed by atoms with van der Waals surface area (Å²) in [6.45, 7) is 0. The van der Waals surface area contributed by atoms with E-state index in [0.29, 0.717) is 0 Å². The highest BCUT2D eigenvalue weighted by Gasteiger charge is 2.19. The predicted molar refractivity (Wildman–Crippen MR) is 91.2 cm³/mol. The summed E-state index contributed by atoms with van der Waals surface area (Å²) >= 11 is 0. The van der Waals surface area contributed by atoms with Crippen LogP contribution >= 0.6 is 0 Å². The van der Waals surface area contributed by atoms with Gasteiger partial charge in [-0.15, -0.1) is 0 Å². The van der Waals surface area contributed by atoms with Crippen LogP contribution in [0.5, 0.6) is 5.75 Å². The van der Waals surface area contributed by atoms with Crippen LogP contribution in [0.2, 0.25) is 0 Å². The molecule has 23 heavy (non-hydrogen) atoms. The van der Waals surface area contributed by atoms with Gasteiger partial charge in [0.15, 0.2) is 5.75 Å². The van der Waals surface area contributed by atoms with Gasteiger partial charge >= 0.3 is 0 Å². The van der Waals surface area contributed by atoms with Crippen LogP contribution in [0.3, 0.4) is 0 Å². The zero-order valence-corrected chi connectivity index (χ0v) is 12.8. The molecule has 0 aliphatic rings. The molecule has 3 aromatic rings. The van der Waals surface area contributed by atoms with Gasteiger partial charge in [0.05, 0.1) is 12.2 Å². The molecule has 116 valence electrons. The third-order valence-corrected chi connectivity index (χ3v) is 3.85. The predicted octanol–water partition coefficient (Wildman–Crippen LogP) is 2.91. The molecule has 3 rings (SSSR count). The molecule has 0 radical (unpaired) electrons. The summed E-state index contributed by atoms with van der Waals surface area (Å²) in [7, 11) is 1.93. The first-order valence-corrected chi connectivity index (χ1v) is 7.41. The van der Waals surface area contributed by atoms with Crippen molar-refractivity contribution < 1.29 is 5.11 Å². The van der Waals surface area contributed by atoms with E-state index in [4.69, 9.17) is 0 Å². The van der Waals surface area contributed by atoms with Crippen molar-refractivity contribution >= 4 is 0 Å². The average molecular weight is 306 g/mol. The van der Waals surface area contributed by atoms with Crippen LogP contribution < -0.4 is 10.4 Å². The first-order chi connectivity index (χ1) is 11.2. The van der Waals surface area contributed by atoms with Crippen LogP contribution in [0.1, 0.15) is 17.2 Å². The van der Waals surface area contributed by atoms with Crippen molar-refractivity contribution in [3.05, 3.63) is 100 Å². The number of aromatic nitrogens is 1. The Kier molecular flexibility index (Phi) is 4.15. The van der Waals surface area contributed by atoms with E-state index in [-0.39, 0.29) is 17.2 Å². The Morgan fingerprint density at radius 3 is 1.91 bits per heavy atom. The van der Waals surface area contributed by atoms with E-state index in [9.17, 15) is 9.90 Å². The largest absolute Gasteiger partial charge is 0.503 e. The minimum absolute atomic E-state index is 0.0423. The van der Waals surface area contributed by atoms with Crippen LogP contribution in [-0.4, -0.2) is 16.8 Å². The molecule has 0 atom stereocenters. The molecule has 0 aliphatic carbocycles. The van der Waals surface area contributed by atoms with Crippen molar-refractivity contribution in [1.82, 2.24) is 4.68 Å². The van der Waals surface area contributed by atoms with Gasteiger partial charge in [0.2, 0.25) is 5.43 Å². The summed E-state index contributed by atoms with van der Waals surface area (Å²) in [5, 5.41) is 11.7. The maximum absolute atomic E-state index is 11.4. The average Bonchev–Trinajstić information content (AvgIpc) is 2.59. The number of nitrogens with zero attached hydrogens (tertiary/aromatic N) is 2. The summed E-state index contributed by atoms with van der Waals surface area (Å²) in [5.41, 5.74) is 1.87. The van der Waals surface area contributed by atoms with Crippen molar-refractivity contribution in [3.8, 4) is 5.75 Å². The molecule has 1 N–H and O–H groups in total. The zero-order chi connectivity index (χ0) is 16.2. The Bertz CT molecular complexity index is 789. The number of hydrogen-bond donors (Lipinski definition) is 1. The van der Waals surface area contributed by atoms with Crippen molar-refractivity contribution in [2.24, 2.45) is 0 Å². The molecule has 2 aromatic carbocycles. The maximum Gasteiger partial charge on any atom is 0.223 e. The third-order valence-electron chi connectivity index (χ3n) is 3.85. The van der Waals surface area contributed by atoms with Gasteiger partial charge in [-0.05, 0) is 11.1 Å². The highest BCUT2D eigenvalue weighted by molar-refractivity contribution is 5.35. The Hall–Kier alpha value is -3.01. The molecule has 0 bridgehead atoms. The number of benzene rings is 2. The summed E-state index contributed by atoms with van der Waals surface area (Å²) in [6.07, 6.45) is 3.09. The van der Waals surface area contributed by atoms with Crippen molar-refractivity contribution in [2.45, 2.75) is 6.04 Å². The Balaban J connectivity index is 2.08. The summed E-state index contributed by atoms with van der Waals surface area (Å²) in [4.78, 5) is 11.4. The lowest BCUT2D eigenvalue weighted by Crippen LogP contribution is -2.35. The molecule has 0 amide bonds. The fourth-order valence-electron chi connectivity index (χ4n) is 2.69. The van der Waals surface area contributed by atoms with Crippen LogP contribution in [0, 0.1) is 0 Å². The van der Waals surface area contributed by atoms with Crippen LogP contribution in [0.15, 0.2) is 83.9 Å². The van der Waals surface area contributed by atoms with Crippen molar-refractivity contribution in [2.75, 3.05) is 12.1 Å². The van der Waals surface area contributed by atoms with Gasteiger partial charge in [-0.3, -0.25) is 9.47 Å². The second-order valence-electron chi connectivity index (χ2n) is 5.37. The van der Waals surface area contributed by atoms with Gasteiger partial charge in [0, 0.05) is 19.3 Å². The molecule has 0 saturated heterocycles. The molecular formula is C19H18N2O2. The van der Waals surface area contributed by atoms with E-state index < -0.39 is 0 Å². The molecule has 4 nitrogen and oxygen atoms in total. The highest BCUT2D eigenvalue weighted by atomic mass is 16.3. The van der Waals surface area contributed by atoms with E-state index in [2.05, 4.69) is 24.3 Å². The third kappa shape index (κ3) is 3.11. The van der Waals surface area contributed by atoms with Gasteiger partial charge in [-0.25, -0.2) is 0 Å². The van der Waals surface area contributed by atoms with Gasteiger partial charge in [-0.1, -0.05) is 60.7 Å². The van der Waals surface area contributed by atoms with Gasteiger partial charge < -0.3 is 10.1 Å². The Morgan fingerprint density at radius 1 is 0.913 bits per heavy atom. The minimum atomic E-state index is -0.384. The number of rotatable bonds is 4. The fraction of sp³-hybridized carbons (Fsp3) is 0.105. The molecular weight excluding hydrogens is 288 g/mol. The van der Waals surface area contributed by atoms with Crippen LogP contribution in [0.25, 0.3) is 0 Å². The van der Waals surface area contributed by atoms with Gasteiger partial charge in [-0.2, -0.15) is 0 Å². The lowest BCUT2D eigenvalue weighted by molar-refractivity contribution is 0.456. The molecule has 4 heteroatoms. The quantitative estimate of drug-likeness (QED) is 0.806. The summed E-state index contributed by atoms with van der Waals surface area (Å²) in [5.74, 6) is -0.265. The Labute approximate surface area is 134 Å². The highest BCUT2D eigenvalue weighted by Crippen LogP contribution is 2.26. The molecule has 0 fully saturated rings. The van der Waals surface area contributed by atoms with E-state index in [1.54, 1.807) is 10.9 Å². The number of aromatic hydroxyl groups is 1. The summed E-state index contributed by atoms with van der Waals surface area (Å²) < 4.78 is 1.72. The van der Waals surface area contributed by atoms with Gasteiger partial charge in [0.25, 0.3) is 0 Å². The van der Waals surface area contributed by atoms with Crippen LogP contribution in [0.4, 0.5) is 0 Å². The number of hydrogen-bond acceptors (Lipinski definition) is 3. The van der Waals surface area contributed by atoms with E-state index in [1.807, 2.05) is 48.5 Å². The summed E-state index contributed by atoms with van der Waals surface area (Å²) in [6, 6.07) is 21.6. The van der Waals surface area contributed by atoms with Crippen LogP contribution in [-0.2, 0) is 0 Å². The monoisotopic (exact) mass is 306 g/mol. The first-order valence-electron chi connectivity index (χ1n) is 7.41. The second-order valence-corrected chi connectivity index (χ2v) is 5.37. The molecule has 1 heterocycles. The SMILES string of the molecule is CN(C(c1ccccc1)c1ccccc1)n1ccc(=O)c(O)c1. The first kappa shape index (κ1) is 14.9. The Morgan fingerprint density at radius 2 is 1.43 bits per heavy atom. The number of pyridine rings is 1. The van der Waals surface area contributed by atoms with E-state index >= 15 is 0 Å². The normalized spacial score (nSPS) is 10.7. The second kappa shape index (κ2) is 6.40. The molecule has 1 aromatic heterocycles. The smallest absolute Gasteiger partial charge is 0.223 e. The molecule has 0 aliphatic heterocycles. The van der Waals surface area contributed by atoms with Gasteiger partial charge in [0.1, 0.15) is 0 Å². The lowest BCUT2D eigenvalue weighted by Gasteiger charge is -2.32. The van der Waals surface area contributed by atoms with Crippen molar-refractivity contribution in [1.29, 1.82) is 0 Å². The van der Waals surface area contributed by atoms with E-state index in [1.165, 1.54) is 12.3 Å². The fourth-order valence-corrected chi connectivity index (χ4v) is 2.69. The lowest BCUT2D eigenvalue weighted by atomic mass is 9.98. The molecule has 0 unspecified atom stereocenters. The zero-order valence-electron chi connectivity index (χ0n) is 12.8. The maximum atomic E-state index is 11.4. The minimum Gasteiger partial charge on any atom is -0.503 e.